The lowest BCUT2D eigenvalue weighted by molar-refractivity contribution is 0.179. The fraction of sp³-hybridized carbons (Fsp3) is 0.296. The van der Waals surface area contributed by atoms with Gasteiger partial charge in [-0.25, -0.2) is 13.6 Å². The average Bonchev–Trinajstić information content (AvgIpc) is 3.44. The number of aliphatic hydroxyl groups is 1. The Morgan fingerprint density at radius 1 is 1.06 bits per heavy atom. The van der Waals surface area contributed by atoms with Crippen LogP contribution in [0.4, 0.5) is 10.1 Å². The first-order valence-corrected chi connectivity index (χ1v) is 14.0. The van der Waals surface area contributed by atoms with Crippen LogP contribution in [0.5, 0.6) is 5.88 Å². The van der Waals surface area contributed by atoms with E-state index in [1.807, 2.05) is 48.5 Å². The highest BCUT2D eigenvalue weighted by Crippen LogP contribution is 2.32. The molecule has 35 heavy (non-hydrogen) atoms. The predicted octanol–water partition coefficient (Wildman–Crippen LogP) is 5.93. The Labute approximate surface area is 204 Å². The number of H-pyrrole nitrogens is 1. The Morgan fingerprint density at radius 2 is 1.71 bits per heavy atom. The molecule has 1 aliphatic rings. The van der Waals surface area contributed by atoms with Crippen LogP contribution in [0.3, 0.4) is 0 Å². The van der Waals surface area contributed by atoms with Crippen molar-refractivity contribution < 1.29 is 18.4 Å². The van der Waals surface area contributed by atoms with E-state index in [0.717, 1.165) is 30.4 Å². The maximum atomic E-state index is 14.9. The lowest BCUT2D eigenvalue weighted by Crippen LogP contribution is -2.13. The first kappa shape index (κ1) is 23.5. The van der Waals surface area contributed by atoms with Crippen LogP contribution in [0, 0.1) is 11.7 Å². The Kier molecular flexibility index (Phi) is 6.34. The molecule has 182 valence electrons. The molecule has 2 aromatic carbocycles. The van der Waals surface area contributed by atoms with Crippen LogP contribution in [0.1, 0.15) is 19.3 Å². The summed E-state index contributed by atoms with van der Waals surface area (Å²) in [4.78, 5) is 7.66. The molecule has 8 heteroatoms. The molecule has 2 N–H and O–H groups in total. The van der Waals surface area contributed by atoms with Crippen LogP contribution in [-0.2, 0) is 9.73 Å². The summed E-state index contributed by atoms with van der Waals surface area (Å²) >= 11 is 0. The monoisotopic (exact) mass is 493 g/mol. The number of aromatic nitrogens is 2. The number of aromatic amines is 1. The molecule has 0 aliphatic heterocycles. The molecular weight excluding hydrogens is 465 g/mol. The molecule has 4 aromatic rings. The molecular formula is C27H28FN3O3S. The van der Waals surface area contributed by atoms with E-state index >= 15 is 0 Å². The smallest absolute Gasteiger partial charge is 0.193 e. The normalized spacial score (nSPS) is 18.2. The van der Waals surface area contributed by atoms with Crippen LogP contribution in [0.25, 0.3) is 33.4 Å². The SMILES string of the molecule is CS(C)(=O)=Nc1ccc(-c2ccc(-c3nc4cc(O[C@@H]5CC[C@H](CO)C5)[nH]c4cc3F)cc2)cc1. The molecule has 1 aliphatic carbocycles. The summed E-state index contributed by atoms with van der Waals surface area (Å²) in [6.45, 7) is 0.184. The lowest BCUT2D eigenvalue weighted by Gasteiger charge is -2.11. The van der Waals surface area contributed by atoms with E-state index in [9.17, 15) is 13.7 Å². The molecule has 2 atom stereocenters. The summed E-state index contributed by atoms with van der Waals surface area (Å²) in [7, 11) is -2.21. The molecule has 1 saturated carbocycles. The van der Waals surface area contributed by atoms with Gasteiger partial charge in [-0.1, -0.05) is 36.4 Å². The molecule has 0 saturated heterocycles. The summed E-state index contributed by atoms with van der Waals surface area (Å²) < 4.78 is 37.0. The Bertz CT molecular complexity index is 1460. The summed E-state index contributed by atoms with van der Waals surface area (Å²) in [6.07, 6.45) is 5.93. The predicted molar refractivity (Wildman–Crippen MR) is 138 cm³/mol. The second-order valence-corrected chi connectivity index (χ2v) is 11.9. The third-order valence-corrected chi connectivity index (χ3v) is 6.91. The van der Waals surface area contributed by atoms with Crippen molar-refractivity contribution in [1.29, 1.82) is 0 Å². The summed E-state index contributed by atoms with van der Waals surface area (Å²) in [5.74, 6) is 0.446. The van der Waals surface area contributed by atoms with Gasteiger partial charge in [-0.3, -0.25) is 0 Å². The van der Waals surface area contributed by atoms with Crippen molar-refractivity contribution in [1.82, 2.24) is 9.97 Å². The standard InChI is InChI=1S/C27H28FN3O3S/c1-35(2,33)31-21-10-8-19(9-11-21)18-4-6-20(7-5-18)27-23(28)14-24-25(30-27)15-26(29-24)34-22-12-3-17(13-22)16-32/h4-11,14-15,17,22,29,32H,3,12-13,16H2,1-2H3/t17-,22+/m0/s1. The number of nitrogens with zero attached hydrogens (tertiary/aromatic N) is 2. The van der Waals surface area contributed by atoms with Crippen molar-refractivity contribution in [3.8, 4) is 28.3 Å². The fourth-order valence-electron chi connectivity index (χ4n) is 4.54. The number of ether oxygens (including phenoxy) is 1. The largest absolute Gasteiger partial charge is 0.476 e. The van der Waals surface area contributed by atoms with Crippen molar-refractivity contribution in [2.45, 2.75) is 25.4 Å². The molecule has 0 bridgehead atoms. The number of rotatable bonds is 6. The van der Waals surface area contributed by atoms with Gasteiger partial charge >= 0.3 is 0 Å². The van der Waals surface area contributed by atoms with Gasteiger partial charge in [0.1, 0.15) is 11.8 Å². The second-order valence-electron chi connectivity index (χ2n) is 9.38. The van der Waals surface area contributed by atoms with E-state index in [4.69, 9.17) is 4.74 Å². The third-order valence-electron chi connectivity index (χ3n) is 6.26. The number of halogens is 1. The molecule has 1 fully saturated rings. The number of hydrogen-bond acceptors (Lipinski definition) is 5. The molecule has 6 nitrogen and oxygen atoms in total. The number of nitrogens with one attached hydrogen (secondary N) is 1. The van der Waals surface area contributed by atoms with Gasteiger partial charge in [0.2, 0.25) is 0 Å². The quantitative estimate of drug-likeness (QED) is 0.348. The summed E-state index contributed by atoms with van der Waals surface area (Å²) in [5, 5.41) is 9.33. The minimum atomic E-state index is -2.21. The topological polar surface area (TPSA) is 87.6 Å². The Morgan fingerprint density at radius 3 is 2.34 bits per heavy atom. The minimum Gasteiger partial charge on any atom is -0.476 e. The summed E-state index contributed by atoms with van der Waals surface area (Å²) in [6, 6.07) is 18.4. The molecule has 2 heterocycles. The van der Waals surface area contributed by atoms with Gasteiger partial charge in [0.05, 0.1) is 16.7 Å². The van der Waals surface area contributed by atoms with Gasteiger partial charge in [0.25, 0.3) is 0 Å². The molecule has 0 radical (unpaired) electrons. The van der Waals surface area contributed by atoms with Gasteiger partial charge in [-0.2, -0.15) is 4.36 Å². The molecule has 0 amide bonds. The van der Waals surface area contributed by atoms with Gasteiger partial charge in [0.15, 0.2) is 11.7 Å². The first-order valence-electron chi connectivity index (χ1n) is 11.6. The maximum absolute atomic E-state index is 14.9. The zero-order chi connectivity index (χ0) is 24.6. The number of aliphatic hydroxyl groups excluding tert-OH is 1. The summed E-state index contributed by atoms with van der Waals surface area (Å²) in [5.41, 5.74) is 4.83. The zero-order valence-electron chi connectivity index (χ0n) is 19.7. The number of pyridine rings is 1. The van der Waals surface area contributed by atoms with E-state index in [-0.39, 0.29) is 24.3 Å². The number of fused-ring (bicyclic) bond motifs is 1. The van der Waals surface area contributed by atoms with Crippen molar-refractivity contribution in [2.24, 2.45) is 10.3 Å². The van der Waals surface area contributed by atoms with E-state index in [2.05, 4.69) is 14.3 Å². The first-order chi connectivity index (χ1) is 16.8. The van der Waals surface area contributed by atoms with Crippen molar-refractivity contribution in [3.05, 3.63) is 66.5 Å². The van der Waals surface area contributed by atoms with Gasteiger partial charge in [-0.15, -0.1) is 0 Å². The van der Waals surface area contributed by atoms with E-state index in [0.29, 0.717) is 28.2 Å². The van der Waals surface area contributed by atoms with Crippen molar-refractivity contribution >= 4 is 26.4 Å². The highest BCUT2D eigenvalue weighted by atomic mass is 32.2. The maximum Gasteiger partial charge on any atom is 0.193 e. The lowest BCUT2D eigenvalue weighted by atomic mass is 10.0. The van der Waals surface area contributed by atoms with Crippen LogP contribution in [0.15, 0.2) is 65.0 Å². The highest BCUT2D eigenvalue weighted by Gasteiger charge is 2.26. The van der Waals surface area contributed by atoms with Crippen LogP contribution in [-0.4, -0.2) is 44.5 Å². The minimum absolute atomic E-state index is 0.0489. The van der Waals surface area contributed by atoms with Gasteiger partial charge < -0.3 is 14.8 Å². The third kappa shape index (κ3) is 5.39. The molecule has 2 aromatic heterocycles. The second kappa shape index (κ2) is 9.43. The molecule has 0 spiro atoms. The highest BCUT2D eigenvalue weighted by molar-refractivity contribution is 7.92. The average molecular weight is 494 g/mol. The van der Waals surface area contributed by atoms with E-state index in [1.54, 1.807) is 18.6 Å². The Hall–Kier alpha value is -3.23. The number of hydrogen-bond donors (Lipinski definition) is 2. The Balaban J connectivity index is 1.36. The molecule has 5 rings (SSSR count). The van der Waals surface area contributed by atoms with Crippen LogP contribution < -0.4 is 4.74 Å². The van der Waals surface area contributed by atoms with Crippen LogP contribution in [0.2, 0.25) is 0 Å². The zero-order valence-corrected chi connectivity index (χ0v) is 20.5. The van der Waals surface area contributed by atoms with Crippen molar-refractivity contribution in [2.75, 3.05) is 19.1 Å². The van der Waals surface area contributed by atoms with Crippen LogP contribution >= 0.6 is 0 Å². The fourth-order valence-corrected chi connectivity index (χ4v) is 5.17. The molecule has 0 unspecified atom stereocenters. The number of benzene rings is 2. The van der Waals surface area contributed by atoms with Gasteiger partial charge in [-0.05, 0) is 48.4 Å². The van der Waals surface area contributed by atoms with E-state index in [1.165, 1.54) is 6.07 Å². The van der Waals surface area contributed by atoms with Gasteiger partial charge in [0, 0.05) is 46.5 Å². The van der Waals surface area contributed by atoms with E-state index < -0.39 is 15.5 Å². The van der Waals surface area contributed by atoms with Crippen molar-refractivity contribution in [3.63, 3.8) is 0 Å².